The zero-order chi connectivity index (χ0) is 11.8. The maximum atomic E-state index is 11.5. The maximum Gasteiger partial charge on any atom is 0.270 e. The van der Waals surface area contributed by atoms with Gasteiger partial charge in [0.05, 0.1) is 12.9 Å². The van der Waals surface area contributed by atoms with Crippen molar-refractivity contribution in [1.29, 1.82) is 0 Å². The molecule has 0 atom stereocenters. The third-order valence-corrected chi connectivity index (χ3v) is 2.67. The van der Waals surface area contributed by atoms with E-state index in [-0.39, 0.29) is 5.91 Å². The first-order valence-corrected chi connectivity index (χ1v) is 5.81. The first kappa shape index (κ1) is 12.7. The largest absolute Gasteiger partial charge is 0.502 e. The summed E-state index contributed by atoms with van der Waals surface area (Å²) < 4.78 is 4.93. The van der Waals surface area contributed by atoms with Gasteiger partial charge in [-0.1, -0.05) is 6.58 Å². The highest BCUT2D eigenvalue weighted by molar-refractivity contribution is 7.09. The molecule has 0 aliphatic carbocycles. The molecule has 1 aromatic rings. The standard InChI is InChI=1S/C10H15N3O2S/c1-2-15-5-3-4-12-10(14)8-7-16-9(6-11)13-8/h2,7H,1,3-6,11H2,(H,12,14). The number of carbonyl (C=O) groups is 1. The third kappa shape index (κ3) is 4.00. The highest BCUT2D eigenvalue weighted by Gasteiger charge is 2.08. The lowest BCUT2D eigenvalue weighted by Gasteiger charge is -2.02. The first-order valence-electron chi connectivity index (χ1n) is 4.93. The van der Waals surface area contributed by atoms with Gasteiger partial charge in [-0.05, 0) is 6.42 Å². The van der Waals surface area contributed by atoms with Crippen LogP contribution in [0.25, 0.3) is 0 Å². The molecule has 0 bridgehead atoms. The Kier molecular flexibility index (Phi) is 5.52. The van der Waals surface area contributed by atoms with Gasteiger partial charge in [0.1, 0.15) is 10.7 Å². The summed E-state index contributed by atoms with van der Waals surface area (Å²) in [6, 6.07) is 0. The van der Waals surface area contributed by atoms with Gasteiger partial charge in [-0.15, -0.1) is 11.3 Å². The molecular weight excluding hydrogens is 226 g/mol. The van der Waals surface area contributed by atoms with Crippen molar-refractivity contribution in [1.82, 2.24) is 10.3 Å². The monoisotopic (exact) mass is 241 g/mol. The van der Waals surface area contributed by atoms with Crippen LogP contribution in [0, 0.1) is 0 Å². The molecule has 3 N–H and O–H groups in total. The lowest BCUT2D eigenvalue weighted by atomic mass is 10.4. The minimum atomic E-state index is -0.172. The van der Waals surface area contributed by atoms with Gasteiger partial charge in [0.15, 0.2) is 0 Å². The number of ether oxygens (including phenoxy) is 1. The van der Waals surface area contributed by atoms with E-state index in [0.717, 1.165) is 11.4 Å². The minimum absolute atomic E-state index is 0.172. The topological polar surface area (TPSA) is 77.2 Å². The molecule has 0 aromatic carbocycles. The van der Waals surface area contributed by atoms with Gasteiger partial charge in [0, 0.05) is 18.5 Å². The van der Waals surface area contributed by atoms with Crippen molar-refractivity contribution < 1.29 is 9.53 Å². The lowest BCUT2D eigenvalue weighted by molar-refractivity contribution is 0.0946. The predicted octanol–water partition coefficient (Wildman–Crippen LogP) is 0.882. The lowest BCUT2D eigenvalue weighted by Crippen LogP contribution is -2.25. The molecule has 0 saturated carbocycles. The van der Waals surface area contributed by atoms with Crippen LogP contribution in [-0.2, 0) is 11.3 Å². The molecular formula is C10H15N3O2S. The molecule has 0 unspecified atom stereocenters. The van der Waals surface area contributed by atoms with Gasteiger partial charge in [-0.25, -0.2) is 4.98 Å². The molecule has 1 heterocycles. The van der Waals surface area contributed by atoms with Crippen LogP contribution in [-0.4, -0.2) is 24.0 Å². The van der Waals surface area contributed by atoms with Crippen LogP contribution in [0.1, 0.15) is 21.9 Å². The third-order valence-electron chi connectivity index (χ3n) is 1.80. The highest BCUT2D eigenvalue weighted by Crippen LogP contribution is 2.08. The molecule has 1 rings (SSSR count). The van der Waals surface area contributed by atoms with Gasteiger partial charge in [-0.3, -0.25) is 4.79 Å². The number of thiazole rings is 1. The SMILES string of the molecule is C=COCCCNC(=O)c1csc(CN)n1. The number of amides is 1. The zero-order valence-corrected chi connectivity index (χ0v) is 9.76. The molecule has 0 fully saturated rings. The Morgan fingerprint density at radius 2 is 2.56 bits per heavy atom. The van der Waals surface area contributed by atoms with E-state index in [1.807, 2.05) is 0 Å². The fourth-order valence-electron chi connectivity index (χ4n) is 1.04. The van der Waals surface area contributed by atoms with E-state index >= 15 is 0 Å². The normalized spacial score (nSPS) is 9.81. The Bertz CT molecular complexity index is 352. The molecule has 16 heavy (non-hydrogen) atoms. The number of rotatable bonds is 7. The molecule has 5 nitrogen and oxygen atoms in total. The second-order valence-electron chi connectivity index (χ2n) is 2.98. The average Bonchev–Trinajstić information content (AvgIpc) is 2.77. The van der Waals surface area contributed by atoms with E-state index < -0.39 is 0 Å². The number of carbonyl (C=O) groups excluding carboxylic acids is 1. The van der Waals surface area contributed by atoms with E-state index in [1.165, 1.54) is 17.6 Å². The fraction of sp³-hybridized carbons (Fsp3) is 0.400. The Labute approximate surface area is 98.3 Å². The summed E-state index contributed by atoms with van der Waals surface area (Å²) in [7, 11) is 0. The number of hydrogen-bond donors (Lipinski definition) is 2. The Balaban J connectivity index is 2.26. The average molecular weight is 241 g/mol. The van der Waals surface area contributed by atoms with Crippen molar-refractivity contribution in [3.63, 3.8) is 0 Å². The van der Waals surface area contributed by atoms with E-state index in [0.29, 0.717) is 25.4 Å². The van der Waals surface area contributed by atoms with E-state index in [1.54, 1.807) is 5.38 Å². The van der Waals surface area contributed by atoms with Crippen LogP contribution in [0.4, 0.5) is 0 Å². The summed E-state index contributed by atoms with van der Waals surface area (Å²) in [4.78, 5) is 15.6. The fourth-order valence-corrected chi connectivity index (χ4v) is 1.69. The van der Waals surface area contributed by atoms with E-state index in [4.69, 9.17) is 10.5 Å². The van der Waals surface area contributed by atoms with Gasteiger partial charge in [0.25, 0.3) is 5.91 Å². The Hall–Kier alpha value is -1.40. The summed E-state index contributed by atoms with van der Waals surface area (Å²) in [5.41, 5.74) is 5.83. The molecule has 1 aromatic heterocycles. The number of aromatic nitrogens is 1. The summed E-state index contributed by atoms with van der Waals surface area (Å²) in [5.74, 6) is -0.172. The van der Waals surface area contributed by atoms with Gasteiger partial charge in [-0.2, -0.15) is 0 Å². The van der Waals surface area contributed by atoms with Crippen LogP contribution in [0.3, 0.4) is 0 Å². The molecule has 88 valence electrons. The second kappa shape index (κ2) is 6.97. The first-order chi connectivity index (χ1) is 7.77. The number of hydrogen-bond acceptors (Lipinski definition) is 5. The molecule has 6 heteroatoms. The predicted molar refractivity (Wildman–Crippen MR) is 63.1 cm³/mol. The van der Waals surface area contributed by atoms with E-state index in [9.17, 15) is 4.79 Å². The van der Waals surface area contributed by atoms with E-state index in [2.05, 4.69) is 16.9 Å². The summed E-state index contributed by atoms with van der Waals surface area (Å²) in [6.45, 7) is 4.90. The van der Waals surface area contributed by atoms with Crippen LogP contribution >= 0.6 is 11.3 Å². The quantitative estimate of drug-likeness (QED) is 0.549. The van der Waals surface area contributed by atoms with Crippen molar-refractivity contribution in [3.8, 4) is 0 Å². The van der Waals surface area contributed by atoms with Crippen molar-refractivity contribution >= 4 is 17.2 Å². The molecule has 0 spiro atoms. The van der Waals surface area contributed by atoms with Crippen molar-refractivity contribution in [2.45, 2.75) is 13.0 Å². The second-order valence-corrected chi connectivity index (χ2v) is 3.92. The summed E-state index contributed by atoms with van der Waals surface area (Å²) in [6.07, 6.45) is 2.13. The van der Waals surface area contributed by atoms with Crippen LogP contribution < -0.4 is 11.1 Å². The molecule has 0 aliphatic heterocycles. The van der Waals surface area contributed by atoms with Gasteiger partial charge >= 0.3 is 0 Å². The number of nitrogens with one attached hydrogen (secondary N) is 1. The van der Waals surface area contributed by atoms with Crippen LogP contribution in [0.15, 0.2) is 18.2 Å². The van der Waals surface area contributed by atoms with Gasteiger partial charge in [0.2, 0.25) is 0 Å². The smallest absolute Gasteiger partial charge is 0.270 e. The van der Waals surface area contributed by atoms with Gasteiger partial charge < -0.3 is 15.8 Å². The minimum Gasteiger partial charge on any atom is -0.502 e. The molecule has 1 amide bonds. The zero-order valence-electron chi connectivity index (χ0n) is 8.94. The van der Waals surface area contributed by atoms with Crippen molar-refractivity contribution in [2.24, 2.45) is 5.73 Å². The summed E-state index contributed by atoms with van der Waals surface area (Å²) >= 11 is 1.39. The van der Waals surface area contributed by atoms with Crippen molar-refractivity contribution in [3.05, 3.63) is 28.9 Å². The molecule has 0 radical (unpaired) electrons. The summed E-state index contributed by atoms with van der Waals surface area (Å²) in [5, 5.41) is 5.22. The van der Waals surface area contributed by atoms with Crippen molar-refractivity contribution in [2.75, 3.05) is 13.2 Å². The van der Waals surface area contributed by atoms with Crippen LogP contribution in [0.2, 0.25) is 0 Å². The molecule has 0 aliphatic rings. The maximum absolute atomic E-state index is 11.5. The molecule has 0 saturated heterocycles. The number of nitrogens with zero attached hydrogens (tertiary/aromatic N) is 1. The Morgan fingerprint density at radius 1 is 1.75 bits per heavy atom. The highest BCUT2D eigenvalue weighted by atomic mass is 32.1. The Morgan fingerprint density at radius 3 is 3.19 bits per heavy atom. The number of nitrogens with two attached hydrogens (primary N) is 1. The van der Waals surface area contributed by atoms with Crippen LogP contribution in [0.5, 0.6) is 0 Å².